The van der Waals surface area contributed by atoms with E-state index < -0.39 is 5.97 Å². The van der Waals surface area contributed by atoms with Crippen molar-refractivity contribution in [3.05, 3.63) is 48.0 Å². The molecule has 0 N–H and O–H groups in total. The summed E-state index contributed by atoms with van der Waals surface area (Å²) in [4.78, 5) is 14.5. The quantitative estimate of drug-likeness (QED) is 0.686. The molecule has 2 aromatic carbocycles. The van der Waals surface area contributed by atoms with Crippen molar-refractivity contribution in [1.82, 2.24) is 0 Å². The second kappa shape index (κ2) is 8.82. The maximum atomic E-state index is 12.5. The van der Waals surface area contributed by atoms with Crippen LogP contribution in [0.5, 0.6) is 17.2 Å². The zero-order chi connectivity index (χ0) is 18.2. The molecule has 6 heteroatoms. The summed E-state index contributed by atoms with van der Waals surface area (Å²) in [5.41, 5.74) is 1.30. The zero-order valence-electron chi connectivity index (χ0n) is 14.9. The van der Waals surface area contributed by atoms with E-state index in [9.17, 15) is 4.79 Å². The number of methoxy groups -OCH3 is 3. The molecule has 0 amide bonds. The number of carbonyl (C=O) groups excluding carboxylic acids is 1. The Labute approximate surface area is 147 Å². The fourth-order valence-corrected chi connectivity index (χ4v) is 2.37. The number of benzene rings is 2. The lowest BCUT2D eigenvalue weighted by Crippen LogP contribution is -2.24. The van der Waals surface area contributed by atoms with E-state index in [0.717, 1.165) is 5.69 Å². The number of rotatable bonds is 8. The number of nitrogens with zero attached hydrogens (tertiary/aromatic N) is 1. The standard InChI is InChI=1S/C19H23NO5/c1-20(14-8-6-5-7-9-14)10-11-25-19(21)18-16(23-3)12-15(22-2)13-17(18)24-4/h5-9,12-13H,10-11H2,1-4H3. The van der Waals surface area contributed by atoms with Crippen molar-refractivity contribution in [3.63, 3.8) is 0 Å². The van der Waals surface area contributed by atoms with Crippen LogP contribution in [0.15, 0.2) is 42.5 Å². The normalized spacial score (nSPS) is 10.1. The SMILES string of the molecule is COc1cc(OC)c(C(=O)OCCN(C)c2ccccc2)c(OC)c1. The summed E-state index contributed by atoms with van der Waals surface area (Å²) in [7, 11) is 6.44. The largest absolute Gasteiger partial charge is 0.496 e. The van der Waals surface area contributed by atoms with Crippen LogP contribution in [-0.2, 0) is 4.74 Å². The van der Waals surface area contributed by atoms with Crippen LogP contribution in [0.25, 0.3) is 0 Å². The molecule has 0 aliphatic rings. The lowest BCUT2D eigenvalue weighted by atomic mass is 10.1. The molecule has 0 radical (unpaired) electrons. The van der Waals surface area contributed by atoms with Crippen molar-refractivity contribution in [1.29, 1.82) is 0 Å². The lowest BCUT2D eigenvalue weighted by molar-refractivity contribution is 0.0508. The fraction of sp³-hybridized carbons (Fsp3) is 0.316. The summed E-state index contributed by atoms with van der Waals surface area (Å²) in [5, 5.41) is 0. The van der Waals surface area contributed by atoms with E-state index in [-0.39, 0.29) is 12.2 Å². The van der Waals surface area contributed by atoms with Crippen molar-refractivity contribution in [2.24, 2.45) is 0 Å². The minimum Gasteiger partial charge on any atom is -0.496 e. The lowest BCUT2D eigenvalue weighted by Gasteiger charge is -2.19. The minimum atomic E-state index is -0.502. The molecule has 0 aliphatic heterocycles. The molecule has 0 saturated heterocycles. The van der Waals surface area contributed by atoms with Crippen molar-refractivity contribution >= 4 is 11.7 Å². The van der Waals surface area contributed by atoms with Crippen LogP contribution in [0.2, 0.25) is 0 Å². The monoisotopic (exact) mass is 345 g/mol. The van der Waals surface area contributed by atoms with Gasteiger partial charge in [-0.15, -0.1) is 0 Å². The minimum absolute atomic E-state index is 0.239. The van der Waals surface area contributed by atoms with E-state index in [4.69, 9.17) is 18.9 Å². The average molecular weight is 345 g/mol. The van der Waals surface area contributed by atoms with Gasteiger partial charge in [0.1, 0.15) is 29.4 Å². The van der Waals surface area contributed by atoms with Gasteiger partial charge in [0.15, 0.2) is 0 Å². The highest BCUT2D eigenvalue weighted by atomic mass is 16.5. The second-order valence-electron chi connectivity index (χ2n) is 5.30. The first kappa shape index (κ1) is 18.4. The van der Waals surface area contributed by atoms with Crippen LogP contribution in [0.1, 0.15) is 10.4 Å². The third-order valence-electron chi connectivity index (χ3n) is 3.78. The van der Waals surface area contributed by atoms with E-state index >= 15 is 0 Å². The fourth-order valence-electron chi connectivity index (χ4n) is 2.37. The van der Waals surface area contributed by atoms with Crippen molar-refractivity contribution < 1.29 is 23.7 Å². The topological polar surface area (TPSA) is 57.2 Å². The van der Waals surface area contributed by atoms with Crippen LogP contribution >= 0.6 is 0 Å². The Balaban J connectivity index is 2.05. The van der Waals surface area contributed by atoms with Gasteiger partial charge in [0.05, 0.1) is 27.9 Å². The van der Waals surface area contributed by atoms with Crippen molar-refractivity contribution in [3.8, 4) is 17.2 Å². The number of esters is 1. The van der Waals surface area contributed by atoms with Crippen LogP contribution in [0.4, 0.5) is 5.69 Å². The van der Waals surface area contributed by atoms with Gasteiger partial charge in [-0.05, 0) is 12.1 Å². The Morgan fingerprint density at radius 2 is 1.56 bits per heavy atom. The van der Waals surface area contributed by atoms with E-state index in [2.05, 4.69) is 0 Å². The first-order valence-corrected chi connectivity index (χ1v) is 7.84. The Hall–Kier alpha value is -2.89. The van der Waals surface area contributed by atoms with Gasteiger partial charge >= 0.3 is 5.97 Å². The van der Waals surface area contributed by atoms with Gasteiger partial charge in [-0.3, -0.25) is 0 Å². The Morgan fingerprint density at radius 1 is 0.960 bits per heavy atom. The first-order valence-electron chi connectivity index (χ1n) is 7.84. The highest BCUT2D eigenvalue weighted by Crippen LogP contribution is 2.34. The molecule has 0 spiro atoms. The molecule has 0 heterocycles. The predicted molar refractivity (Wildman–Crippen MR) is 96.1 cm³/mol. The molecule has 0 unspecified atom stereocenters. The Kier molecular flexibility index (Phi) is 6.51. The molecule has 0 bridgehead atoms. The molecular formula is C19H23NO5. The summed E-state index contributed by atoms with van der Waals surface area (Å²) < 4.78 is 21.1. The summed E-state index contributed by atoms with van der Waals surface area (Å²) in [5.74, 6) is 0.724. The maximum Gasteiger partial charge on any atom is 0.345 e. The number of hydrogen-bond donors (Lipinski definition) is 0. The summed E-state index contributed by atoms with van der Waals surface area (Å²) in [6.45, 7) is 0.805. The summed E-state index contributed by atoms with van der Waals surface area (Å²) in [6, 6.07) is 13.1. The molecule has 2 rings (SSSR count). The van der Waals surface area contributed by atoms with Crippen molar-refractivity contribution in [2.45, 2.75) is 0 Å². The molecule has 6 nitrogen and oxygen atoms in total. The van der Waals surface area contributed by atoms with Gasteiger partial charge in [-0.1, -0.05) is 18.2 Å². The molecule has 0 aromatic heterocycles. The molecule has 2 aromatic rings. The molecule has 134 valence electrons. The summed E-state index contributed by atoms with van der Waals surface area (Å²) >= 11 is 0. The first-order chi connectivity index (χ1) is 12.1. The molecule has 0 atom stereocenters. The number of anilines is 1. The number of likely N-dealkylation sites (N-methyl/N-ethyl adjacent to an activating group) is 1. The highest BCUT2D eigenvalue weighted by Gasteiger charge is 2.21. The van der Waals surface area contributed by atoms with Gasteiger partial charge in [0.2, 0.25) is 0 Å². The van der Waals surface area contributed by atoms with Gasteiger partial charge < -0.3 is 23.8 Å². The van der Waals surface area contributed by atoms with Gasteiger partial charge in [-0.25, -0.2) is 4.79 Å². The summed E-state index contributed by atoms with van der Waals surface area (Å²) in [6.07, 6.45) is 0. The van der Waals surface area contributed by atoms with Crippen molar-refractivity contribution in [2.75, 3.05) is 46.4 Å². The number of carbonyl (C=O) groups is 1. The molecule has 0 aliphatic carbocycles. The van der Waals surface area contributed by atoms with E-state index in [1.807, 2.05) is 42.3 Å². The highest BCUT2D eigenvalue weighted by molar-refractivity contribution is 5.96. The number of para-hydroxylation sites is 1. The maximum absolute atomic E-state index is 12.5. The van der Waals surface area contributed by atoms with E-state index in [0.29, 0.717) is 23.8 Å². The Morgan fingerprint density at radius 3 is 2.08 bits per heavy atom. The van der Waals surface area contributed by atoms with Gasteiger partial charge in [-0.2, -0.15) is 0 Å². The Bertz CT molecular complexity index is 677. The van der Waals surface area contributed by atoms with E-state index in [1.165, 1.54) is 21.3 Å². The number of ether oxygens (including phenoxy) is 4. The molecular weight excluding hydrogens is 322 g/mol. The third-order valence-corrected chi connectivity index (χ3v) is 3.78. The van der Waals surface area contributed by atoms with Crippen LogP contribution < -0.4 is 19.1 Å². The average Bonchev–Trinajstić information content (AvgIpc) is 2.67. The van der Waals surface area contributed by atoms with Crippen LogP contribution in [0.3, 0.4) is 0 Å². The number of hydrogen-bond acceptors (Lipinski definition) is 6. The van der Waals surface area contributed by atoms with Gasteiger partial charge in [0, 0.05) is 24.9 Å². The third kappa shape index (κ3) is 4.56. The second-order valence-corrected chi connectivity index (χ2v) is 5.30. The van der Waals surface area contributed by atoms with Gasteiger partial charge in [0.25, 0.3) is 0 Å². The predicted octanol–water partition coefficient (Wildman–Crippen LogP) is 3.01. The molecule has 0 fully saturated rings. The molecule has 0 saturated carbocycles. The van der Waals surface area contributed by atoms with E-state index in [1.54, 1.807) is 12.1 Å². The van der Waals surface area contributed by atoms with Crippen LogP contribution in [0, 0.1) is 0 Å². The van der Waals surface area contributed by atoms with Crippen LogP contribution in [-0.4, -0.2) is 47.5 Å². The molecule has 25 heavy (non-hydrogen) atoms. The smallest absolute Gasteiger partial charge is 0.345 e. The zero-order valence-corrected chi connectivity index (χ0v) is 14.9.